The fraction of sp³-hybridized carbons (Fsp3) is 0.312. The Kier molecular flexibility index (Phi) is 5.86. The number of benzene rings is 1. The maximum Gasteiger partial charge on any atom is 0.309 e. The number of amides is 1. The Balaban J connectivity index is 2.17. The van der Waals surface area contributed by atoms with Crippen LogP contribution >= 0.6 is 0 Å². The van der Waals surface area contributed by atoms with Crippen molar-refractivity contribution in [3.63, 3.8) is 0 Å². The van der Waals surface area contributed by atoms with Crippen LogP contribution in [-0.2, 0) is 10.7 Å². The Hall–Kier alpha value is -3.04. The minimum absolute atomic E-state index is 0.0352. The molecule has 0 aliphatic carbocycles. The highest BCUT2D eigenvalue weighted by atomic mass is 19.3. The fourth-order valence-corrected chi connectivity index (χ4v) is 1.99. The van der Waals surface area contributed by atoms with Gasteiger partial charge in [0.25, 0.3) is 11.9 Å². The van der Waals surface area contributed by atoms with E-state index in [0.29, 0.717) is 0 Å². The van der Waals surface area contributed by atoms with Crippen LogP contribution in [0.5, 0.6) is 0 Å². The molecule has 0 saturated carbocycles. The van der Waals surface area contributed by atoms with Crippen LogP contribution in [0.25, 0.3) is 0 Å². The highest BCUT2D eigenvalue weighted by molar-refractivity contribution is 6.02. The minimum Gasteiger partial charge on any atom is -0.459 e. The van der Waals surface area contributed by atoms with Crippen molar-refractivity contribution in [1.82, 2.24) is 4.98 Å². The average Bonchev–Trinajstić information content (AvgIpc) is 3.01. The Morgan fingerprint density at radius 2 is 2.19 bits per heavy atom. The Morgan fingerprint density at radius 3 is 2.81 bits per heavy atom. The van der Waals surface area contributed by atoms with E-state index in [1.165, 1.54) is 0 Å². The molecule has 2 aromatic rings. The van der Waals surface area contributed by atoms with Crippen molar-refractivity contribution in [2.75, 3.05) is 18.5 Å². The molecule has 1 aromatic heterocycles. The summed E-state index contributed by atoms with van der Waals surface area (Å²) in [5.74, 6) is -5.26. The van der Waals surface area contributed by atoms with Gasteiger partial charge in [-0.2, -0.15) is 8.78 Å². The van der Waals surface area contributed by atoms with Gasteiger partial charge >= 0.3 is 5.92 Å². The van der Waals surface area contributed by atoms with Gasteiger partial charge in [-0.25, -0.2) is 14.4 Å². The van der Waals surface area contributed by atoms with Crippen LogP contribution < -0.4 is 11.1 Å². The van der Waals surface area contributed by atoms with Gasteiger partial charge in [-0.05, 0) is 25.1 Å². The first-order chi connectivity index (χ1) is 12.2. The predicted molar refractivity (Wildman–Crippen MR) is 87.6 cm³/mol. The summed E-state index contributed by atoms with van der Waals surface area (Å²) in [6.07, 6.45) is 1.12. The number of hydrogen-bond acceptors (Lipinski definition) is 5. The van der Waals surface area contributed by atoms with Crippen LogP contribution in [-0.4, -0.2) is 30.1 Å². The second-order valence-electron chi connectivity index (χ2n) is 5.21. The molecular weight excluding hydrogens is 353 g/mol. The molecule has 0 atom stereocenters. The lowest BCUT2D eigenvalue weighted by Gasteiger charge is -2.18. The average molecular weight is 370 g/mol. The summed E-state index contributed by atoms with van der Waals surface area (Å²) in [7, 11) is 0. The fourth-order valence-electron chi connectivity index (χ4n) is 1.99. The number of nitrogens with one attached hydrogen (secondary N) is 1. The van der Waals surface area contributed by atoms with E-state index in [1.54, 1.807) is 13.8 Å². The zero-order valence-electron chi connectivity index (χ0n) is 14.1. The van der Waals surface area contributed by atoms with Crippen LogP contribution in [0.15, 0.2) is 33.9 Å². The van der Waals surface area contributed by atoms with Gasteiger partial charge in [0.2, 0.25) is 0 Å². The molecule has 7 nitrogen and oxygen atoms in total. The highest BCUT2D eigenvalue weighted by Crippen LogP contribution is 2.32. The molecule has 1 aromatic carbocycles. The second-order valence-corrected chi connectivity index (χ2v) is 5.21. The first-order valence-corrected chi connectivity index (χ1v) is 7.57. The summed E-state index contributed by atoms with van der Waals surface area (Å²) < 4.78 is 51.9. The van der Waals surface area contributed by atoms with Gasteiger partial charge in [0.15, 0.2) is 18.2 Å². The van der Waals surface area contributed by atoms with Crippen LogP contribution in [0, 0.1) is 12.7 Å². The first kappa shape index (κ1) is 19.3. The van der Waals surface area contributed by atoms with E-state index >= 15 is 0 Å². The lowest BCUT2D eigenvalue weighted by molar-refractivity contribution is -0.0538. The van der Waals surface area contributed by atoms with Crippen molar-refractivity contribution >= 4 is 17.6 Å². The number of ether oxygens (including phenoxy) is 1. The number of halogens is 3. The molecule has 10 heteroatoms. The summed E-state index contributed by atoms with van der Waals surface area (Å²) in [4.78, 5) is 19.4. The molecule has 0 radical (unpaired) electrons. The number of carbonyl (C=O) groups excluding carboxylic acids is 1. The molecule has 0 fully saturated rings. The van der Waals surface area contributed by atoms with E-state index in [0.717, 1.165) is 24.5 Å². The molecule has 26 heavy (non-hydrogen) atoms. The number of rotatable bonds is 6. The number of nitrogens with two attached hydrogens (primary N) is 1. The van der Waals surface area contributed by atoms with Crippen LogP contribution in [0.3, 0.4) is 0 Å². The first-order valence-electron chi connectivity index (χ1n) is 7.57. The number of amidine groups is 1. The number of carbonyl (C=O) groups is 1. The van der Waals surface area contributed by atoms with Crippen molar-refractivity contribution in [2.24, 2.45) is 10.7 Å². The highest BCUT2D eigenvalue weighted by Gasteiger charge is 2.36. The Bertz CT molecular complexity index is 821. The van der Waals surface area contributed by atoms with Crippen molar-refractivity contribution in [3.8, 4) is 0 Å². The molecule has 3 N–H and O–H groups in total. The molecule has 0 unspecified atom stereocenters. The summed E-state index contributed by atoms with van der Waals surface area (Å²) in [5, 5.41) is 2.35. The van der Waals surface area contributed by atoms with Gasteiger partial charge in [0, 0.05) is 19.2 Å². The molecule has 0 saturated heterocycles. The molecule has 140 valence electrons. The van der Waals surface area contributed by atoms with Gasteiger partial charge in [0.05, 0.1) is 5.56 Å². The van der Waals surface area contributed by atoms with Gasteiger partial charge in [-0.3, -0.25) is 4.79 Å². The molecule has 1 amide bonds. The second kappa shape index (κ2) is 7.89. The summed E-state index contributed by atoms with van der Waals surface area (Å²) in [6.45, 7) is 2.26. The number of hydrogen-bond donors (Lipinski definition) is 2. The molecule has 0 aliphatic heterocycles. The predicted octanol–water partition coefficient (Wildman–Crippen LogP) is 2.82. The van der Waals surface area contributed by atoms with Gasteiger partial charge in [0.1, 0.15) is 12.1 Å². The third-order valence-corrected chi connectivity index (χ3v) is 3.19. The lowest BCUT2D eigenvalue weighted by atomic mass is 10.1. The molecule has 1 heterocycles. The van der Waals surface area contributed by atoms with Crippen LogP contribution in [0.1, 0.15) is 28.9 Å². The maximum absolute atomic E-state index is 14.2. The number of nitrogens with zero attached hydrogens (tertiary/aromatic N) is 2. The van der Waals surface area contributed by atoms with E-state index in [4.69, 9.17) is 10.2 Å². The zero-order chi connectivity index (χ0) is 19.3. The maximum atomic E-state index is 14.2. The number of aromatic nitrogens is 1. The SMILES string of the molecule is CCN=C(N)OCC(F)(F)c1cc(NC(=O)c2coc(C)n2)ccc1F. The minimum atomic E-state index is -3.69. The molecule has 0 spiro atoms. The van der Waals surface area contributed by atoms with E-state index in [1.807, 2.05) is 0 Å². The largest absolute Gasteiger partial charge is 0.459 e. The van der Waals surface area contributed by atoms with E-state index in [-0.39, 0.29) is 23.8 Å². The van der Waals surface area contributed by atoms with Crippen LogP contribution in [0.2, 0.25) is 0 Å². The number of aliphatic imine (C=N–C) groups is 1. The van der Waals surface area contributed by atoms with Crippen molar-refractivity contribution in [1.29, 1.82) is 0 Å². The third-order valence-electron chi connectivity index (χ3n) is 3.19. The van der Waals surface area contributed by atoms with Gasteiger partial charge < -0.3 is 20.2 Å². The van der Waals surface area contributed by atoms with E-state index < -0.39 is 35.8 Å². The normalized spacial score (nSPS) is 12.1. The van der Waals surface area contributed by atoms with Crippen molar-refractivity contribution in [2.45, 2.75) is 19.8 Å². The quantitative estimate of drug-likeness (QED) is 0.601. The lowest BCUT2D eigenvalue weighted by Crippen LogP contribution is -2.28. The number of alkyl halides is 2. The Morgan fingerprint density at radius 1 is 1.46 bits per heavy atom. The molecule has 2 rings (SSSR count). The van der Waals surface area contributed by atoms with Crippen molar-refractivity contribution < 1.29 is 27.1 Å². The number of oxazole rings is 1. The summed E-state index contributed by atoms with van der Waals surface area (Å²) in [5.41, 5.74) is 4.27. The summed E-state index contributed by atoms with van der Waals surface area (Å²) in [6, 6.07) is 2.36. The monoisotopic (exact) mass is 370 g/mol. The third kappa shape index (κ3) is 4.74. The smallest absolute Gasteiger partial charge is 0.309 e. The van der Waals surface area contributed by atoms with Gasteiger partial charge in [-0.1, -0.05) is 0 Å². The van der Waals surface area contributed by atoms with Crippen molar-refractivity contribution in [3.05, 3.63) is 47.4 Å². The zero-order valence-corrected chi connectivity index (χ0v) is 14.1. The van der Waals surface area contributed by atoms with E-state index in [9.17, 15) is 18.0 Å². The van der Waals surface area contributed by atoms with Crippen LogP contribution in [0.4, 0.5) is 18.9 Å². The Labute approximate surface area is 147 Å². The number of aryl methyl sites for hydroxylation is 1. The molecule has 0 aliphatic rings. The topological polar surface area (TPSA) is 103 Å². The van der Waals surface area contributed by atoms with E-state index in [2.05, 4.69) is 20.0 Å². The standard InChI is InChI=1S/C16H17F3N4O3/c1-3-21-15(20)26-8-16(18,19)11-6-10(4-5-12(11)17)23-14(24)13-7-25-9(2)22-13/h4-7H,3,8H2,1-2H3,(H2,20,21)(H,23,24). The molecular formula is C16H17F3N4O3. The van der Waals surface area contributed by atoms with Gasteiger partial charge in [-0.15, -0.1) is 0 Å². The number of anilines is 1. The molecule has 0 bridgehead atoms. The summed E-state index contributed by atoms with van der Waals surface area (Å²) >= 11 is 0.